The summed E-state index contributed by atoms with van der Waals surface area (Å²) in [7, 11) is 0. The van der Waals surface area contributed by atoms with Gasteiger partial charge in [0, 0.05) is 0 Å². The van der Waals surface area contributed by atoms with Crippen LogP contribution in [0.2, 0.25) is 0 Å². The van der Waals surface area contributed by atoms with Crippen LogP contribution in [0.15, 0.2) is 0 Å². The number of alkyl halides is 1. The largest absolute Gasteiger partial charge is 2.00 e. The predicted molar refractivity (Wildman–Crippen MR) is 76.3 cm³/mol. The summed E-state index contributed by atoms with van der Waals surface area (Å²) in [5.74, 6) is 0. The molecule has 0 aliphatic carbocycles. The quantitative estimate of drug-likeness (QED) is 0.256. The Kier molecular flexibility index (Phi) is 22.8. The van der Waals surface area contributed by atoms with E-state index in [0.29, 0.717) is 0 Å². The average Bonchev–Trinajstić information content (AvgIpc) is 2.35. The first kappa shape index (κ1) is 20.7. The maximum atomic E-state index is 11.8. The molecule has 18 heavy (non-hydrogen) atoms. The molecule has 0 unspecified atom stereocenters. The van der Waals surface area contributed by atoms with E-state index >= 15 is 0 Å². The van der Waals surface area contributed by atoms with Crippen LogP contribution in [-0.4, -0.2) is 6.67 Å². The maximum Gasteiger partial charge on any atom is 2.00 e. The van der Waals surface area contributed by atoms with E-state index < -0.39 is 0 Å². The van der Waals surface area contributed by atoms with Gasteiger partial charge in [0.1, 0.15) is 0 Å². The fourth-order valence-corrected chi connectivity index (χ4v) is 2.29. The van der Waals surface area contributed by atoms with Crippen molar-refractivity contribution in [3.63, 3.8) is 0 Å². The average molecular weight is 303 g/mol. The molecule has 0 fully saturated rings. The third kappa shape index (κ3) is 18.8. The van der Waals surface area contributed by atoms with Crippen molar-refractivity contribution < 1.29 is 20.9 Å². The molecule has 0 spiro atoms. The molecule has 0 heterocycles. The van der Waals surface area contributed by atoms with Gasteiger partial charge in [0.2, 0.25) is 0 Å². The number of rotatable bonds is 14. The zero-order valence-electron chi connectivity index (χ0n) is 12.3. The van der Waals surface area contributed by atoms with Gasteiger partial charge < -0.3 is 0 Å². The van der Waals surface area contributed by atoms with Crippen molar-refractivity contribution in [1.82, 2.24) is 0 Å². The zero-order valence-corrected chi connectivity index (χ0v) is 13.3. The molecule has 0 amide bonds. The Hall–Kier alpha value is 0.424. The molecule has 0 rings (SSSR count). The van der Waals surface area contributed by atoms with Crippen molar-refractivity contribution in [2.75, 3.05) is 6.67 Å². The predicted octanol–water partition coefficient (Wildman–Crippen LogP) is 6.43. The summed E-state index contributed by atoms with van der Waals surface area (Å²) in [6.07, 6.45) is 18.5. The molecule has 112 valence electrons. The number of halogens is 1. The first-order valence-corrected chi connectivity index (χ1v) is 7.97. The van der Waals surface area contributed by atoms with Crippen LogP contribution in [0.3, 0.4) is 0 Å². The fourth-order valence-electron chi connectivity index (χ4n) is 2.29. The maximum absolute atomic E-state index is 11.8. The van der Waals surface area contributed by atoms with Crippen molar-refractivity contribution in [3.8, 4) is 0 Å². The number of hydrogen-bond acceptors (Lipinski definition) is 0. The van der Waals surface area contributed by atoms with Gasteiger partial charge in [0.25, 0.3) is 0 Å². The zero-order chi connectivity index (χ0) is 12.6. The number of unbranched alkanes of at least 4 members (excludes halogenated alkanes) is 13. The summed E-state index contributed by atoms with van der Waals surface area (Å²) in [6.45, 7) is 2.14. The molecule has 0 aromatic carbocycles. The van der Waals surface area contributed by atoms with Gasteiger partial charge in [-0.2, -0.15) is 0 Å². The molecule has 0 aromatic heterocycles. The van der Waals surface area contributed by atoms with Gasteiger partial charge in [-0.1, -0.05) is 90.4 Å². The molecule has 2 heteroatoms. The molecule has 0 saturated carbocycles. The molecule has 0 saturated heterocycles. The van der Waals surface area contributed by atoms with Crippen LogP contribution in [-0.2, 0) is 16.5 Å². The SMILES string of the molecule is CCCCCCCCCCCCCCCCF.[Ni+2]. The fraction of sp³-hybridized carbons (Fsp3) is 1.00. The third-order valence-electron chi connectivity index (χ3n) is 3.49. The molecular weight excluding hydrogens is 270 g/mol. The van der Waals surface area contributed by atoms with E-state index in [2.05, 4.69) is 6.92 Å². The molecule has 0 bridgehead atoms. The van der Waals surface area contributed by atoms with Gasteiger partial charge in [-0.15, -0.1) is 0 Å². The van der Waals surface area contributed by atoms with Crippen LogP contribution in [0.25, 0.3) is 0 Å². The third-order valence-corrected chi connectivity index (χ3v) is 3.49. The Morgan fingerprint density at radius 1 is 0.500 bits per heavy atom. The topological polar surface area (TPSA) is 0 Å². The summed E-state index contributed by atoms with van der Waals surface area (Å²) in [4.78, 5) is 0. The van der Waals surface area contributed by atoms with Crippen molar-refractivity contribution in [1.29, 1.82) is 0 Å². The normalized spacial score (nSPS) is 10.3. The molecule has 0 atom stereocenters. The summed E-state index contributed by atoms with van der Waals surface area (Å²) in [5, 5.41) is 0. The van der Waals surface area contributed by atoms with Crippen LogP contribution in [0.1, 0.15) is 96.8 Å². The van der Waals surface area contributed by atoms with Crippen molar-refractivity contribution >= 4 is 0 Å². The minimum Gasteiger partial charge on any atom is -0.251 e. The first-order valence-electron chi connectivity index (χ1n) is 7.97. The van der Waals surface area contributed by atoms with Gasteiger partial charge in [-0.25, -0.2) is 0 Å². The van der Waals surface area contributed by atoms with Crippen LogP contribution in [0.5, 0.6) is 0 Å². The van der Waals surface area contributed by atoms with E-state index in [1.54, 1.807) is 0 Å². The van der Waals surface area contributed by atoms with Crippen LogP contribution >= 0.6 is 0 Å². The van der Waals surface area contributed by atoms with E-state index in [-0.39, 0.29) is 23.2 Å². The van der Waals surface area contributed by atoms with E-state index in [0.717, 1.165) is 12.8 Å². The molecule has 0 aromatic rings. The molecule has 0 radical (unpaired) electrons. The molecule has 0 aliphatic heterocycles. The summed E-state index contributed by atoms with van der Waals surface area (Å²) < 4.78 is 11.8. The van der Waals surface area contributed by atoms with Crippen molar-refractivity contribution in [2.24, 2.45) is 0 Å². The first-order chi connectivity index (χ1) is 8.41. The van der Waals surface area contributed by atoms with Gasteiger partial charge in [-0.05, 0) is 6.42 Å². The smallest absolute Gasteiger partial charge is 0.251 e. The van der Waals surface area contributed by atoms with Crippen LogP contribution in [0.4, 0.5) is 4.39 Å². The summed E-state index contributed by atoms with van der Waals surface area (Å²) in [5.41, 5.74) is 0. The summed E-state index contributed by atoms with van der Waals surface area (Å²) in [6, 6.07) is 0. The van der Waals surface area contributed by atoms with E-state index in [4.69, 9.17) is 0 Å². The van der Waals surface area contributed by atoms with Crippen LogP contribution < -0.4 is 0 Å². The minimum absolute atomic E-state index is 0. The van der Waals surface area contributed by atoms with Gasteiger partial charge >= 0.3 is 16.5 Å². The Bertz CT molecular complexity index is 114. The molecule has 0 nitrogen and oxygen atoms in total. The second-order valence-electron chi connectivity index (χ2n) is 5.29. The Morgan fingerprint density at radius 2 is 0.778 bits per heavy atom. The van der Waals surface area contributed by atoms with Crippen LogP contribution in [0, 0.1) is 0 Å². The standard InChI is InChI=1S/C16H33F.Ni/c1-2-3-4-5-6-7-8-9-10-11-12-13-14-15-16-17;/h2-16H2,1H3;/q;+2. The second-order valence-corrected chi connectivity index (χ2v) is 5.29. The Balaban J connectivity index is 0. The van der Waals surface area contributed by atoms with E-state index in [1.165, 1.54) is 77.0 Å². The Morgan fingerprint density at radius 3 is 1.06 bits per heavy atom. The molecule has 0 aliphatic rings. The van der Waals surface area contributed by atoms with E-state index in [1.807, 2.05) is 0 Å². The van der Waals surface area contributed by atoms with Gasteiger partial charge in [-0.3, -0.25) is 4.39 Å². The monoisotopic (exact) mass is 302 g/mol. The molecule has 0 N–H and O–H groups in total. The Labute approximate surface area is 124 Å². The van der Waals surface area contributed by atoms with Crippen molar-refractivity contribution in [3.05, 3.63) is 0 Å². The molecular formula is C16H33FNi+2. The second kappa shape index (κ2) is 19.8. The van der Waals surface area contributed by atoms with Gasteiger partial charge in [0.05, 0.1) is 6.67 Å². The van der Waals surface area contributed by atoms with Gasteiger partial charge in [0.15, 0.2) is 0 Å². The van der Waals surface area contributed by atoms with E-state index in [9.17, 15) is 4.39 Å². The minimum atomic E-state index is -0.127. The van der Waals surface area contributed by atoms with Crippen molar-refractivity contribution in [2.45, 2.75) is 96.8 Å². The number of hydrogen-bond donors (Lipinski definition) is 0. The summed E-state index contributed by atoms with van der Waals surface area (Å²) >= 11 is 0.